The summed E-state index contributed by atoms with van der Waals surface area (Å²) in [5.74, 6) is -0.0117. The van der Waals surface area contributed by atoms with E-state index in [9.17, 15) is 4.79 Å². The fraction of sp³-hybridized carbons (Fsp3) is 0.103. The molecule has 1 aliphatic heterocycles. The van der Waals surface area contributed by atoms with Gasteiger partial charge in [-0.2, -0.15) is 0 Å². The van der Waals surface area contributed by atoms with Gasteiger partial charge in [-0.05, 0) is 52.4 Å². The minimum absolute atomic E-state index is 0.0117. The molecule has 1 saturated heterocycles. The molecule has 33 heavy (non-hydrogen) atoms. The van der Waals surface area contributed by atoms with E-state index in [0.717, 1.165) is 34.0 Å². The number of hydrogen-bond donors (Lipinski definition) is 0. The van der Waals surface area contributed by atoms with Gasteiger partial charge in [0.1, 0.15) is 0 Å². The second-order valence-electron chi connectivity index (χ2n) is 7.98. The van der Waals surface area contributed by atoms with E-state index in [2.05, 4.69) is 49.4 Å². The van der Waals surface area contributed by atoms with Crippen LogP contribution < -0.4 is 0 Å². The van der Waals surface area contributed by atoms with Gasteiger partial charge in [-0.15, -0.1) is 0 Å². The molecule has 0 spiro atoms. The van der Waals surface area contributed by atoms with Crippen molar-refractivity contribution in [2.24, 2.45) is 4.99 Å². The molecule has 0 saturated carbocycles. The maximum atomic E-state index is 13.5. The van der Waals surface area contributed by atoms with Gasteiger partial charge in [0.05, 0.1) is 17.1 Å². The van der Waals surface area contributed by atoms with Crippen molar-refractivity contribution in [1.82, 2.24) is 4.90 Å². The molecule has 0 aliphatic carbocycles. The van der Waals surface area contributed by atoms with E-state index >= 15 is 0 Å². The highest BCUT2D eigenvalue weighted by Crippen LogP contribution is 2.36. The lowest BCUT2D eigenvalue weighted by Gasteiger charge is -2.16. The first-order valence-electron chi connectivity index (χ1n) is 11.1. The van der Waals surface area contributed by atoms with Crippen LogP contribution in [-0.4, -0.2) is 16.0 Å². The standard InChI is InChI=1S/C29H24N2OS/c1-2-21-15-17-22(18-16-21)19-27-28(32)31(20-23-9-4-3-5-10-23)29(33-27)30-26-14-8-12-24-11-6-7-13-25(24)26/h3-19H,2,20H2,1H3/b27-19+,30-29?. The van der Waals surface area contributed by atoms with Gasteiger partial charge in [-0.1, -0.05) is 97.9 Å². The Bertz CT molecular complexity index is 1350. The van der Waals surface area contributed by atoms with Gasteiger partial charge in [0.2, 0.25) is 0 Å². The van der Waals surface area contributed by atoms with Crippen LogP contribution in [-0.2, 0) is 17.8 Å². The third-order valence-corrected chi connectivity index (χ3v) is 6.75. The third-order valence-electron chi connectivity index (χ3n) is 5.74. The first kappa shape index (κ1) is 21.2. The summed E-state index contributed by atoms with van der Waals surface area (Å²) in [5, 5.41) is 2.92. The van der Waals surface area contributed by atoms with Crippen LogP contribution in [0.15, 0.2) is 107 Å². The first-order chi connectivity index (χ1) is 16.2. The number of thioether (sulfide) groups is 1. The van der Waals surface area contributed by atoms with Crippen LogP contribution >= 0.6 is 11.8 Å². The number of nitrogens with zero attached hydrogens (tertiary/aromatic N) is 2. The van der Waals surface area contributed by atoms with Crippen LogP contribution in [0.2, 0.25) is 0 Å². The number of amidine groups is 1. The maximum absolute atomic E-state index is 13.5. The first-order valence-corrected chi connectivity index (χ1v) is 11.9. The quantitative estimate of drug-likeness (QED) is 0.302. The van der Waals surface area contributed by atoms with Gasteiger partial charge in [0, 0.05) is 5.39 Å². The van der Waals surface area contributed by atoms with Gasteiger partial charge in [-0.25, -0.2) is 4.99 Å². The van der Waals surface area contributed by atoms with Crippen molar-refractivity contribution < 1.29 is 4.79 Å². The van der Waals surface area contributed by atoms with Gasteiger partial charge in [0.15, 0.2) is 5.17 Å². The topological polar surface area (TPSA) is 32.7 Å². The molecule has 1 aliphatic rings. The predicted octanol–water partition coefficient (Wildman–Crippen LogP) is 7.21. The molecule has 4 aromatic rings. The summed E-state index contributed by atoms with van der Waals surface area (Å²) in [7, 11) is 0. The zero-order valence-electron chi connectivity index (χ0n) is 18.4. The minimum atomic E-state index is -0.0117. The fourth-order valence-electron chi connectivity index (χ4n) is 3.91. The summed E-state index contributed by atoms with van der Waals surface area (Å²) >= 11 is 1.44. The molecule has 3 nitrogen and oxygen atoms in total. The van der Waals surface area contributed by atoms with Crippen LogP contribution in [0.5, 0.6) is 0 Å². The SMILES string of the molecule is CCc1ccc(/C=C2/SC(=Nc3cccc4ccccc34)N(Cc3ccccc3)C2=O)cc1. The average molecular weight is 449 g/mol. The van der Waals surface area contributed by atoms with E-state index in [1.54, 1.807) is 4.90 Å². The van der Waals surface area contributed by atoms with Gasteiger partial charge >= 0.3 is 0 Å². The van der Waals surface area contributed by atoms with Crippen LogP contribution in [0, 0.1) is 0 Å². The van der Waals surface area contributed by atoms with Crippen molar-refractivity contribution in [2.45, 2.75) is 19.9 Å². The molecule has 0 N–H and O–H groups in total. The number of aryl methyl sites for hydroxylation is 1. The highest BCUT2D eigenvalue weighted by atomic mass is 32.2. The van der Waals surface area contributed by atoms with Gasteiger partial charge in [-0.3, -0.25) is 9.69 Å². The third kappa shape index (κ3) is 4.62. The fourth-order valence-corrected chi connectivity index (χ4v) is 4.90. The summed E-state index contributed by atoms with van der Waals surface area (Å²) in [6, 6.07) is 32.7. The Morgan fingerprint density at radius 1 is 0.818 bits per heavy atom. The normalized spacial score (nSPS) is 16.3. The molecular weight excluding hydrogens is 424 g/mol. The minimum Gasteiger partial charge on any atom is -0.282 e. The Morgan fingerprint density at radius 2 is 1.55 bits per heavy atom. The molecule has 5 rings (SSSR count). The summed E-state index contributed by atoms with van der Waals surface area (Å²) in [6.45, 7) is 2.63. The zero-order chi connectivity index (χ0) is 22.6. The Morgan fingerprint density at radius 3 is 2.33 bits per heavy atom. The molecule has 1 fully saturated rings. The summed E-state index contributed by atoms with van der Waals surface area (Å²) < 4.78 is 0. The van der Waals surface area contributed by atoms with Gasteiger partial charge in [0.25, 0.3) is 5.91 Å². The van der Waals surface area contributed by atoms with Crippen molar-refractivity contribution in [3.8, 4) is 0 Å². The lowest BCUT2D eigenvalue weighted by molar-refractivity contribution is -0.122. The second-order valence-corrected chi connectivity index (χ2v) is 8.98. The van der Waals surface area contributed by atoms with Crippen LogP contribution in [0.25, 0.3) is 16.8 Å². The van der Waals surface area contributed by atoms with Crippen molar-refractivity contribution in [3.63, 3.8) is 0 Å². The Hall–Kier alpha value is -3.63. The highest BCUT2D eigenvalue weighted by Gasteiger charge is 2.33. The van der Waals surface area contributed by atoms with Crippen molar-refractivity contribution in [2.75, 3.05) is 0 Å². The molecule has 1 heterocycles. The lowest BCUT2D eigenvalue weighted by Crippen LogP contribution is -2.28. The van der Waals surface area contributed by atoms with E-state index < -0.39 is 0 Å². The molecule has 162 valence electrons. The lowest BCUT2D eigenvalue weighted by atomic mass is 10.1. The Balaban J connectivity index is 1.55. The number of aliphatic imine (C=N–C) groups is 1. The maximum Gasteiger partial charge on any atom is 0.267 e. The Labute approximate surface area is 198 Å². The second kappa shape index (κ2) is 9.47. The molecule has 4 heteroatoms. The molecule has 1 amide bonds. The number of rotatable bonds is 5. The number of amides is 1. The smallest absolute Gasteiger partial charge is 0.267 e. The van der Waals surface area contributed by atoms with Crippen molar-refractivity contribution in [1.29, 1.82) is 0 Å². The van der Waals surface area contributed by atoms with Crippen molar-refractivity contribution >= 4 is 45.4 Å². The molecular formula is C29H24N2OS. The number of fused-ring (bicyclic) bond motifs is 1. The van der Waals surface area contributed by atoms with Crippen LogP contribution in [0.1, 0.15) is 23.6 Å². The number of benzene rings is 4. The zero-order valence-corrected chi connectivity index (χ0v) is 19.3. The highest BCUT2D eigenvalue weighted by molar-refractivity contribution is 8.18. The predicted molar refractivity (Wildman–Crippen MR) is 139 cm³/mol. The van der Waals surface area contributed by atoms with Gasteiger partial charge < -0.3 is 0 Å². The van der Waals surface area contributed by atoms with E-state index in [0.29, 0.717) is 16.6 Å². The van der Waals surface area contributed by atoms with E-state index in [4.69, 9.17) is 4.99 Å². The summed E-state index contributed by atoms with van der Waals surface area (Å²) in [5.41, 5.74) is 4.25. The van der Waals surface area contributed by atoms with E-state index in [1.165, 1.54) is 17.3 Å². The molecule has 0 aromatic heterocycles. The van der Waals surface area contributed by atoms with Crippen LogP contribution in [0.3, 0.4) is 0 Å². The Kier molecular flexibility index (Phi) is 6.09. The van der Waals surface area contributed by atoms with Crippen molar-refractivity contribution in [3.05, 3.63) is 119 Å². The monoisotopic (exact) mass is 448 g/mol. The number of hydrogen-bond acceptors (Lipinski definition) is 3. The summed E-state index contributed by atoms with van der Waals surface area (Å²) in [6.07, 6.45) is 2.97. The number of carbonyl (C=O) groups excluding carboxylic acids is 1. The summed E-state index contributed by atoms with van der Waals surface area (Å²) in [4.78, 5) is 20.9. The molecule has 0 radical (unpaired) electrons. The molecule has 0 atom stereocenters. The molecule has 0 bridgehead atoms. The molecule has 0 unspecified atom stereocenters. The largest absolute Gasteiger partial charge is 0.282 e. The van der Waals surface area contributed by atoms with Crippen LogP contribution in [0.4, 0.5) is 5.69 Å². The number of carbonyl (C=O) groups is 1. The average Bonchev–Trinajstić information content (AvgIpc) is 3.14. The van der Waals surface area contributed by atoms with E-state index in [-0.39, 0.29) is 5.91 Å². The van der Waals surface area contributed by atoms with E-state index in [1.807, 2.05) is 60.7 Å². The molecule has 4 aromatic carbocycles.